The lowest BCUT2D eigenvalue weighted by molar-refractivity contribution is 0.0780. The molecule has 0 aliphatic carbocycles. The van der Waals surface area contributed by atoms with Crippen LogP contribution >= 0.6 is 0 Å². The summed E-state index contributed by atoms with van der Waals surface area (Å²) >= 11 is 0. The maximum absolute atomic E-state index is 9.88. The average Bonchev–Trinajstić information content (AvgIpc) is 2.76. The van der Waals surface area contributed by atoms with Crippen LogP contribution in [0.2, 0.25) is 0 Å². The molecule has 1 aromatic heterocycles. The van der Waals surface area contributed by atoms with Crippen LogP contribution in [0, 0.1) is 0 Å². The molecule has 0 saturated carbocycles. The molecule has 3 heterocycles. The molecule has 2 aliphatic rings. The third-order valence-corrected chi connectivity index (χ3v) is 3.68. The van der Waals surface area contributed by atoms with Gasteiger partial charge >= 0.3 is 0 Å². The van der Waals surface area contributed by atoms with E-state index in [-0.39, 0.29) is 6.23 Å². The Morgan fingerprint density at radius 3 is 3.00 bits per heavy atom. The summed E-state index contributed by atoms with van der Waals surface area (Å²) in [6, 6.07) is 0.402. The number of nitrogens with one attached hydrogen (secondary N) is 1. The number of piperidine rings is 1. The second-order valence-corrected chi connectivity index (χ2v) is 4.86. The first-order valence-electron chi connectivity index (χ1n) is 6.34. The lowest BCUT2D eigenvalue weighted by atomic mass is 10.0. The van der Waals surface area contributed by atoms with Crippen LogP contribution in [0.5, 0.6) is 0 Å². The van der Waals surface area contributed by atoms with Gasteiger partial charge in [-0.2, -0.15) is 0 Å². The van der Waals surface area contributed by atoms with E-state index in [0.717, 1.165) is 37.3 Å². The second-order valence-electron chi connectivity index (χ2n) is 4.86. The van der Waals surface area contributed by atoms with E-state index in [1.54, 1.807) is 0 Å². The molecule has 4 heteroatoms. The fourth-order valence-corrected chi connectivity index (χ4v) is 2.75. The van der Waals surface area contributed by atoms with E-state index in [0.29, 0.717) is 6.04 Å². The zero-order chi connectivity index (χ0) is 11.0. The smallest absolute Gasteiger partial charge is 0.131 e. The molecule has 0 amide bonds. The van der Waals surface area contributed by atoms with E-state index in [2.05, 4.69) is 10.3 Å². The van der Waals surface area contributed by atoms with Crippen LogP contribution in [-0.2, 0) is 6.42 Å². The highest BCUT2D eigenvalue weighted by Gasteiger charge is 2.23. The number of aryl methyl sites for hydroxylation is 1. The van der Waals surface area contributed by atoms with Crippen molar-refractivity contribution in [2.24, 2.45) is 0 Å². The summed E-state index contributed by atoms with van der Waals surface area (Å²) in [6.45, 7) is 1.09. The number of fused-ring (bicyclic) bond motifs is 1. The van der Waals surface area contributed by atoms with Crippen molar-refractivity contribution in [1.29, 1.82) is 0 Å². The van der Waals surface area contributed by atoms with Crippen molar-refractivity contribution in [2.45, 2.75) is 50.8 Å². The topological polar surface area (TPSA) is 50.1 Å². The number of aliphatic hydroxyl groups excluding tert-OH is 1. The quantitative estimate of drug-likeness (QED) is 0.756. The van der Waals surface area contributed by atoms with E-state index in [9.17, 15) is 5.11 Å². The molecule has 2 atom stereocenters. The van der Waals surface area contributed by atoms with Gasteiger partial charge in [0.1, 0.15) is 12.1 Å². The van der Waals surface area contributed by atoms with Gasteiger partial charge in [0.05, 0.1) is 11.7 Å². The zero-order valence-electron chi connectivity index (χ0n) is 9.52. The van der Waals surface area contributed by atoms with Crippen molar-refractivity contribution < 1.29 is 5.11 Å². The fraction of sp³-hybridized carbons (Fsp3) is 0.750. The molecule has 1 fully saturated rings. The van der Waals surface area contributed by atoms with Crippen LogP contribution in [0.25, 0.3) is 0 Å². The maximum atomic E-state index is 9.88. The number of aliphatic hydroxyl groups is 1. The minimum Gasteiger partial charge on any atom is -0.373 e. The van der Waals surface area contributed by atoms with Gasteiger partial charge in [-0.25, -0.2) is 4.98 Å². The predicted molar refractivity (Wildman–Crippen MR) is 61.0 cm³/mol. The summed E-state index contributed by atoms with van der Waals surface area (Å²) in [5.41, 5.74) is 1.12. The van der Waals surface area contributed by atoms with Gasteiger partial charge in [0.25, 0.3) is 0 Å². The highest BCUT2D eigenvalue weighted by atomic mass is 16.3. The highest BCUT2D eigenvalue weighted by Crippen LogP contribution is 2.27. The standard InChI is InChI=1S/C12H19N3O/c16-12-6-3-5-11-14-10(8-15(11)12)9-4-1-2-7-13-9/h8-9,12-13,16H,1-7H2. The molecule has 88 valence electrons. The van der Waals surface area contributed by atoms with Gasteiger partial charge in [-0.3, -0.25) is 0 Å². The molecule has 4 nitrogen and oxygen atoms in total. The lowest BCUT2D eigenvalue weighted by Crippen LogP contribution is -2.27. The molecule has 2 N–H and O–H groups in total. The largest absolute Gasteiger partial charge is 0.373 e. The summed E-state index contributed by atoms with van der Waals surface area (Å²) in [6.07, 6.45) is 8.33. The molecule has 2 aliphatic heterocycles. The van der Waals surface area contributed by atoms with Gasteiger partial charge in [0.2, 0.25) is 0 Å². The maximum Gasteiger partial charge on any atom is 0.131 e. The molecule has 0 radical (unpaired) electrons. The summed E-state index contributed by atoms with van der Waals surface area (Å²) in [4.78, 5) is 4.67. The van der Waals surface area contributed by atoms with Crippen LogP contribution in [0.15, 0.2) is 6.20 Å². The minimum absolute atomic E-state index is 0.353. The normalized spacial score (nSPS) is 30.1. The molecule has 1 saturated heterocycles. The average molecular weight is 221 g/mol. The Balaban J connectivity index is 1.85. The Morgan fingerprint density at radius 2 is 2.25 bits per heavy atom. The van der Waals surface area contributed by atoms with Crippen molar-refractivity contribution in [3.63, 3.8) is 0 Å². The van der Waals surface area contributed by atoms with Crippen molar-refractivity contribution in [1.82, 2.24) is 14.9 Å². The van der Waals surface area contributed by atoms with Crippen molar-refractivity contribution in [3.8, 4) is 0 Å². The molecular formula is C12H19N3O. The molecule has 0 bridgehead atoms. The van der Waals surface area contributed by atoms with Crippen LogP contribution in [0.3, 0.4) is 0 Å². The van der Waals surface area contributed by atoms with Crippen LogP contribution in [0.1, 0.15) is 55.9 Å². The monoisotopic (exact) mass is 221 g/mol. The number of imidazole rings is 1. The third kappa shape index (κ3) is 1.76. The zero-order valence-corrected chi connectivity index (χ0v) is 9.52. The molecule has 0 spiro atoms. The predicted octanol–water partition coefficient (Wildman–Crippen LogP) is 1.52. The Morgan fingerprint density at radius 1 is 1.31 bits per heavy atom. The number of aromatic nitrogens is 2. The summed E-state index contributed by atoms with van der Waals surface area (Å²) in [5, 5.41) is 13.4. The van der Waals surface area contributed by atoms with E-state index in [4.69, 9.17) is 0 Å². The minimum atomic E-state index is -0.353. The highest BCUT2D eigenvalue weighted by molar-refractivity contribution is 5.12. The SMILES string of the molecule is OC1CCCc2nc(C3CCCCN3)cn21. The Hall–Kier alpha value is -0.870. The first-order chi connectivity index (χ1) is 7.84. The number of hydrogen-bond acceptors (Lipinski definition) is 3. The Bertz CT molecular complexity index is 368. The van der Waals surface area contributed by atoms with E-state index < -0.39 is 0 Å². The first kappa shape index (κ1) is 10.3. The van der Waals surface area contributed by atoms with E-state index in [1.165, 1.54) is 19.3 Å². The van der Waals surface area contributed by atoms with E-state index in [1.807, 2.05) is 10.8 Å². The van der Waals surface area contributed by atoms with Crippen molar-refractivity contribution in [2.75, 3.05) is 6.54 Å². The van der Waals surface area contributed by atoms with Crippen LogP contribution in [-0.4, -0.2) is 21.2 Å². The van der Waals surface area contributed by atoms with Gasteiger partial charge in [-0.15, -0.1) is 0 Å². The molecule has 3 rings (SSSR count). The fourth-order valence-electron chi connectivity index (χ4n) is 2.75. The van der Waals surface area contributed by atoms with Gasteiger partial charge in [-0.05, 0) is 32.2 Å². The second kappa shape index (κ2) is 4.18. The summed E-state index contributed by atoms with van der Waals surface area (Å²) in [5.74, 6) is 1.06. The lowest BCUT2D eigenvalue weighted by Gasteiger charge is -2.21. The van der Waals surface area contributed by atoms with Crippen LogP contribution < -0.4 is 5.32 Å². The molecule has 2 unspecified atom stereocenters. The van der Waals surface area contributed by atoms with Crippen molar-refractivity contribution >= 4 is 0 Å². The molecule has 1 aromatic rings. The van der Waals surface area contributed by atoms with Gasteiger partial charge in [0, 0.05) is 12.6 Å². The number of rotatable bonds is 1. The Labute approximate surface area is 95.7 Å². The number of hydrogen-bond donors (Lipinski definition) is 2. The van der Waals surface area contributed by atoms with E-state index >= 15 is 0 Å². The third-order valence-electron chi connectivity index (χ3n) is 3.68. The van der Waals surface area contributed by atoms with Crippen molar-refractivity contribution in [3.05, 3.63) is 17.7 Å². The van der Waals surface area contributed by atoms with Gasteiger partial charge < -0.3 is 15.0 Å². The molecule has 0 aromatic carbocycles. The van der Waals surface area contributed by atoms with Gasteiger partial charge in [0.15, 0.2) is 0 Å². The van der Waals surface area contributed by atoms with Crippen LogP contribution in [0.4, 0.5) is 0 Å². The van der Waals surface area contributed by atoms with Gasteiger partial charge in [-0.1, -0.05) is 6.42 Å². The summed E-state index contributed by atoms with van der Waals surface area (Å²) < 4.78 is 1.95. The first-order valence-corrected chi connectivity index (χ1v) is 6.34. The summed E-state index contributed by atoms with van der Waals surface area (Å²) in [7, 11) is 0. The number of nitrogens with zero attached hydrogens (tertiary/aromatic N) is 2. The molecule has 16 heavy (non-hydrogen) atoms. The Kier molecular flexibility index (Phi) is 2.69. The molecular weight excluding hydrogens is 202 g/mol.